The monoisotopic (exact) mass is 463 g/mol. The van der Waals surface area contributed by atoms with Crippen LogP contribution in [0.3, 0.4) is 0 Å². The SMILES string of the molecule is Cc1cc(C)cc(Oc2cccc(-c3c(C)nnn3C3CCN(C(=O)OC(C)(C)C)CC3)n2)c1. The van der Waals surface area contributed by atoms with Crippen LogP contribution in [0.2, 0.25) is 0 Å². The van der Waals surface area contributed by atoms with Crippen molar-refractivity contribution in [1.82, 2.24) is 24.9 Å². The van der Waals surface area contributed by atoms with Gasteiger partial charge in [0.2, 0.25) is 5.88 Å². The Labute approximate surface area is 200 Å². The third-order valence-electron chi connectivity index (χ3n) is 5.71. The smallest absolute Gasteiger partial charge is 0.410 e. The number of amides is 1. The minimum Gasteiger partial charge on any atom is -0.444 e. The van der Waals surface area contributed by atoms with E-state index in [2.05, 4.69) is 16.4 Å². The van der Waals surface area contributed by atoms with E-state index in [-0.39, 0.29) is 12.1 Å². The fourth-order valence-corrected chi connectivity index (χ4v) is 4.27. The van der Waals surface area contributed by atoms with Crippen LogP contribution in [0.4, 0.5) is 4.79 Å². The number of benzene rings is 1. The Bertz CT molecular complexity index is 1150. The van der Waals surface area contributed by atoms with E-state index in [1.54, 1.807) is 4.90 Å². The number of likely N-dealkylation sites (tertiary alicyclic amines) is 1. The standard InChI is InChI=1S/C26H33N5O3/c1-17-14-18(2)16-21(15-17)33-23-9-7-8-22(27-23)24-19(3)28-29-31(24)20-10-12-30(13-11-20)25(32)34-26(4,5)6/h7-9,14-16,20H,10-13H2,1-6H3. The number of carbonyl (C=O) groups is 1. The first-order valence-corrected chi connectivity index (χ1v) is 11.7. The summed E-state index contributed by atoms with van der Waals surface area (Å²) in [4.78, 5) is 19.0. The van der Waals surface area contributed by atoms with Gasteiger partial charge in [-0.1, -0.05) is 17.3 Å². The van der Waals surface area contributed by atoms with Gasteiger partial charge in [0.25, 0.3) is 0 Å². The number of nitrogens with zero attached hydrogens (tertiary/aromatic N) is 5. The second-order valence-electron chi connectivity index (χ2n) is 9.95. The first-order valence-electron chi connectivity index (χ1n) is 11.7. The summed E-state index contributed by atoms with van der Waals surface area (Å²) in [5.41, 5.74) is 4.23. The Hall–Kier alpha value is -3.42. The Morgan fingerprint density at radius 1 is 1.03 bits per heavy atom. The molecule has 8 heteroatoms. The molecule has 4 rings (SSSR count). The van der Waals surface area contributed by atoms with Crippen molar-refractivity contribution in [3.05, 3.63) is 53.2 Å². The topological polar surface area (TPSA) is 82.4 Å². The lowest BCUT2D eigenvalue weighted by atomic mass is 10.0. The van der Waals surface area contributed by atoms with Crippen molar-refractivity contribution in [3.63, 3.8) is 0 Å². The maximum atomic E-state index is 12.4. The van der Waals surface area contributed by atoms with Crippen LogP contribution in [-0.4, -0.2) is 49.7 Å². The zero-order chi connectivity index (χ0) is 24.5. The zero-order valence-corrected chi connectivity index (χ0v) is 20.8. The van der Waals surface area contributed by atoms with Gasteiger partial charge in [0, 0.05) is 19.2 Å². The molecule has 0 bridgehead atoms. The quantitative estimate of drug-likeness (QED) is 0.499. The Kier molecular flexibility index (Phi) is 6.59. The molecule has 0 aliphatic carbocycles. The Morgan fingerprint density at radius 3 is 2.35 bits per heavy atom. The van der Waals surface area contributed by atoms with Crippen molar-refractivity contribution >= 4 is 6.09 Å². The Balaban J connectivity index is 1.51. The molecule has 3 aromatic rings. The van der Waals surface area contributed by atoms with E-state index < -0.39 is 5.60 Å². The summed E-state index contributed by atoms with van der Waals surface area (Å²) in [5, 5.41) is 8.77. The van der Waals surface area contributed by atoms with Gasteiger partial charge < -0.3 is 14.4 Å². The lowest BCUT2D eigenvalue weighted by molar-refractivity contribution is 0.0185. The summed E-state index contributed by atoms with van der Waals surface area (Å²) in [6, 6.07) is 12.0. The number of hydrogen-bond donors (Lipinski definition) is 0. The van der Waals surface area contributed by atoms with E-state index in [0.29, 0.717) is 19.0 Å². The second-order valence-corrected chi connectivity index (χ2v) is 9.95. The molecule has 1 aromatic carbocycles. The third-order valence-corrected chi connectivity index (χ3v) is 5.71. The fourth-order valence-electron chi connectivity index (χ4n) is 4.27. The van der Waals surface area contributed by atoms with E-state index in [1.807, 2.05) is 76.6 Å². The van der Waals surface area contributed by atoms with Gasteiger partial charge in [-0.25, -0.2) is 14.5 Å². The van der Waals surface area contributed by atoms with Crippen LogP contribution >= 0.6 is 0 Å². The van der Waals surface area contributed by atoms with Gasteiger partial charge in [-0.3, -0.25) is 0 Å². The molecule has 0 saturated carbocycles. The molecule has 0 atom stereocenters. The molecule has 1 amide bonds. The van der Waals surface area contributed by atoms with Crippen molar-refractivity contribution in [1.29, 1.82) is 0 Å². The maximum Gasteiger partial charge on any atom is 0.410 e. The van der Waals surface area contributed by atoms with E-state index in [9.17, 15) is 4.79 Å². The minimum absolute atomic E-state index is 0.126. The highest BCUT2D eigenvalue weighted by Crippen LogP contribution is 2.31. The molecule has 0 N–H and O–H groups in total. The van der Waals surface area contributed by atoms with Gasteiger partial charge in [-0.05, 0) is 83.7 Å². The molecule has 2 aromatic heterocycles. The molecule has 0 radical (unpaired) electrons. The van der Waals surface area contributed by atoms with Crippen molar-refractivity contribution in [3.8, 4) is 23.0 Å². The third kappa shape index (κ3) is 5.55. The van der Waals surface area contributed by atoms with Crippen LogP contribution in [0, 0.1) is 20.8 Å². The average molecular weight is 464 g/mol. The molecule has 3 heterocycles. The maximum absolute atomic E-state index is 12.4. The largest absolute Gasteiger partial charge is 0.444 e. The number of piperidine rings is 1. The van der Waals surface area contributed by atoms with E-state index in [4.69, 9.17) is 14.5 Å². The predicted octanol–water partition coefficient (Wildman–Crippen LogP) is 5.63. The summed E-state index contributed by atoms with van der Waals surface area (Å²) in [5.74, 6) is 1.29. The van der Waals surface area contributed by atoms with Gasteiger partial charge in [0.15, 0.2) is 0 Å². The van der Waals surface area contributed by atoms with Gasteiger partial charge in [0.05, 0.1) is 17.4 Å². The van der Waals surface area contributed by atoms with Crippen LogP contribution < -0.4 is 4.74 Å². The highest BCUT2D eigenvalue weighted by atomic mass is 16.6. The van der Waals surface area contributed by atoms with E-state index >= 15 is 0 Å². The molecule has 1 fully saturated rings. The fraction of sp³-hybridized carbons (Fsp3) is 0.462. The highest BCUT2D eigenvalue weighted by Gasteiger charge is 2.30. The number of aromatic nitrogens is 4. The highest BCUT2D eigenvalue weighted by molar-refractivity contribution is 5.68. The lowest BCUT2D eigenvalue weighted by Crippen LogP contribution is -2.42. The summed E-state index contributed by atoms with van der Waals surface area (Å²) in [6.45, 7) is 12.9. The van der Waals surface area contributed by atoms with Crippen LogP contribution in [-0.2, 0) is 4.74 Å². The van der Waals surface area contributed by atoms with E-state index in [0.717, 1.165) is 46.8 Å². The Morgan fingerprint density at radius 2 is 1.71 bits per heavy atom. The number of rotatable bonds is 4. The summed E-state index contributed by atoms with van der Waals surface area (Å²) >= 11 is 0. The molecule has 0 unspecified atom stereocenters. The van der Waals surface area contributed by atoms with Crippen LogP contribution in [0.5, 0.6) is 11.6 Å². The number of ether oxygens (including phenoxy) is 2. The van der Waals surface area contributed by atoms with Crippen LogP contribution in [0.1, 0.15) is 56.5 Å². The molecule has 1 aliphatic heterocycles. The average Bonchev–Trinajstić information content (AvgIpc) is 3.13. The van der Waals surface area contributed by atoms with Crippen molar-refractivity contribution in [2.45, 2.75) is 66.0 Å². The summed E-state index contributed by atoms with van der Waals surface area (Å²) in [7, 11) is 0. The molecule has 8 nitrogen and oxygen atoms in total. The molecule has 34 heavy (non-hydrogen) atoms. The van der Waals surface area contributed by atoms with Gasteiger partial charge in [0.1, 0.15) is 17.0 Å². The molecular weight excluding hydrogens is 430 g/mol. The van der Waals surface area contributed by atoms with Crippen molar-refractivity contribution in [2.24, 2.45) is 0 Å². The molecule has 1 aliphatic rings. The molecular formula is C26H33N5O3. The van der Waals surface area contributed by atoms with Gasteiger partial charge in [-0.15, -0.1) is 5.10 Å². The lowest BCUT2D eigenvalue weighted by Gasteiger charge is -2.33. The van der Waals surface area contributed by atoms with Crippen molar-refractivity contribution in [2.75, 3.05) is 13.1 Å². The summed E-state index contributed by atoms with van der Waals surface area (Å²) in [6.07, 6.45) is 1.28. The summed E-state index contributed by atoms with van der Waals surface area (Å²) < 4.78 is 13.5. The van der Waals surface area contributed by atoms with Crippen molar-refractivity contribution < 1.29 is 14.3 Å². The number of hydrogen-bond acceptors (Lipinski definition) is 6. The minimum atomic E-state index is -0.500. The molecule has 180 valence electrons. The second kappa shape index (κ2) is 9.44. The van der Waals surface area contributed by atoms with E-state index in [1.165, 1.54) is 0 Å². The number of carbonyl (C=O) groups excluding carboxylic acids is 1. The molecule has 0 spiro atoms. The van der Waals surface area contributed by atoms with Crippen LogP contribution in [0.25, 0.3) is 11.4 Å². The number of aryl methyl sites for hydroxylation is 3. The first-order chi connectivity index (χ1) is 16.1. The normalized spacial score (nSPS) is 14.8. The van der Waals surface area contributed by atoms with Gasteiger partial charge in [-0.2, -0.15) is 0 Å². The van der Waals surface area contributed by atoms with Gasteiger partial charge >= 0.3 is 6.09 Å². The first kappa shape index (κ1) is 23.7. The predicted molar refractivity (Wildman–Crippen MR) is 130 cm³/mol. The van der Waals surface area contributed by atoms with Crippen LogP contribution in [0.15, 0.2) is 36.4 Å². The number of pyridine rings is 1. The zero-order valence-electron chi connectivity index (χ0n) is 20.8. The molecule has 1 saturated heterocycles.